The SMILES string of the molecule is CC(C)(C)C(=O)Nc1ccc(Cc2ccc(NC(=O)C(C)(C)C)cc2)cc1. The second-order valence-corrected chi connectivity index (χ2v) is 8.98. The quantitative estimate of drug-likeness (QED) is 0.777. The molecule has 4 nitrogen and oxygen atoms in total. The van der Waals surface area contributed by atoms with Crippen LogP contribution in [0.4, 0.5) is 11.4 Å². The van der Waals surface area contributed by atoms with Gasteiger partial charge < -0.3 is 10.6 Å². The lowest BCUT2D eigenvalue weighted by Gasteiger charge is -2.18. The van der Waals surface area contributed by atoms with Crippen LogP contribution >= 0.6 is 0 Å². The number of benzene rings is 2. The van der Waals surface area contributed by atoms with Crippen LogP contribution in [-0.2, 0) is 16.0 Å². The zero-order valence-corrected chi connectivity index (χ0v) is 17.1. The molecule has 0 heterocycles. The number of anilines is 2. The summed E-state index contributed by atoms with van der Waals surface area (Å²) in [6.07, 6.45) is 0.793. The fraction of sp³-hybridized carbons (Fsp3) is 0.391. The Morgan fingerprint density at radius 1 is 0.630 bits per heavy atom. The van der Waals surface area contributed by atoms with Gasteiger partial charge in [0.15, 0.2) is 0 Å². The topological polar surface area (TPSA) is 58.2 Å². The van der Waals surface area contributed by atoms with Gasteiger partial charge in [0.1, 0.15) is 0 Å². The van der Waals surface area contributed by atoms with Crippen molar-refractivity contribution in [2.24, 2.45) is 10.8 Å². The molecule has 0 atom stereocenters. The lowest BCUT2D eigenvalue weighted by molar-refractivity contribution is -0.123. The fourth-order valence-corrected chi connectivity index (χ4v) is 2.28. The van der Waals surface area contributed by atoms with E-state index in [9.17, 15) is 9.59 Å². The minimum atomic E-state index is -0.414. The van der Waals surface area contributed by atoms with Gasteiger partial charge in [-0.05, 0) is 41.8 Å². The number of carbonyl (C=O) groups is 2. The number of rotatable bonds is 4. The van der Waals surface area contributed by atoms with E-state index in [-0.39, 0.29) is 11.8 Å². The third-order valence-corrected chi connectivity index (χ3v) is 4.19. The van der Waals surface area contributed by atoms with Gasteiger partial charge in [0.2, 0.25) is 11.8 Å². The molecule has 2 aromatic carbocycles. The lowest BCUT2D eigenvalue weighted by Crippen LogP contribution is -2.27. The van der Waals surface area contributed by atoms with E-state index < -0.39 is 10.8 Å². The van der Waals surface area contributed by atoms with Crippen molar-refractivity contribution in [3.05, 3.63) is 59.7 Å². The summed E-state index contributed by atoms with van der Waals surface area (Å²) < 4.78 is 0. The number of carbonyl (C=O) groups excluding carboxylic acids is 2. The fourth-order valence-electron chi connectivity index (χ4n) is 2.28. The second-order valence-electron chi connectivity index (χ2n) is 8.98. The van der Waals surface area contributed by atoms with Crippen molar-refractivity contribution in [2.45, 2.75) is 48.0 Å². The molecule has 4 heteroatoms. The first-order chi connectivity index (χ1) is 12.4. The van der Waals surface area contributed by atoms with Gasteiger partial charge in [0.05, 0.1) is 0 Å². The molecule has 2 amide bonds. The molecule has 0 bridgehead atoms. The third-order valence-electron chi connectivity index (χ3n) is 4.19. The second kappa shape index (κ2) is 7.95. The first-order valence-corrected chi connectivity index (χ1v) is 9.26. The Labute approximate surface area is 162 Å². The molecule has 0 saturated carbocycles. The van der Waals surface area contributed by atoms with E-state index >= 15 is 0 Å². The largest absolute Gasteiger partial charge is 0.326 e. The molecule has 144 valence electrons. The van der Waals surface area contributed by atoms with Gasteiger partial charge in [-0.1, -0.05) is 65.8 Å². The minimum absolute atomic E-state index is 0.00291. The van der Waals surface area contributed by atoms with Crippen LogP contribution in [0.2, 0.25) is 0 Å². The van der Waals surface area contributed by atoms with Gasteiger partial charge in [-0.15, -0.1) is 0 Å². The Kier molecular flexibility index (Phi) is 6.09. The van der Waals surface area contributed by atoms with Crippen molar-refractivity contribution in [1.82, 2.24) is 0 Å². The predicted octanol–water partition coefficient (Wildman–Crippen LogP) is 5.25. The average molecular weight is 367 g/mol. The monoisotopic (exact) mass is 366 g/mol. The Balaban J connectivity index is 1.97. The van der Waals surface area contributed by atoms with Crippen molar-refractivity contribution in [2.75, 3.05) is 10.6 Å². The molecule has 27 heavy (non-hydrogen) atoms. The van der Waals surface area contributed by atoms with E-state index in [0.29, 0.717) is 0 Å². The Bertz CT molecular complexity index is 723. The molecule has 0 aliphatic heterocycles. The van der Waals surface area contributed by atoms with Gasteiger partial charge in [0.25, 0.3) is 0 Å². The highest BCUT2D eigenvalue weighted by atomic mass is 16.2. The molecule has 0 saturated heterocycles. The van der Waals surface area contributed by atoms with Crippen molar-refractivity contribution in [3.63, 3.8) is 0 Å². The Morgan fingerprint density at radius 2 is 0.926 bits per heavy atom. The van der Waals surface area contributed by atoms with Crippen molar-refractivity contribution in [3.8, 4) is 0 Å². The summed E-state index contributed by atoms with van der Waals surface area (Å²) in [4.78, 5) is 24.1. The summed E-state index contributed by atoms with van der Waals surface area (Å²) in [5.41, 5.74) is 3.11. The predicted molar refractivity (Wildman–Crippen MR) is 112 cm³/mol. The van der Waals surface area contributed by atoms with E-state index in [1.54, 1.807) is 0 Å². The zero-order valence-electron chi connectivity index (χ0n) is 17.1. The van der Waals surface area contributed by atoms with Crippen LogP contribution in [0.25, 0.3) is 0 Å². The average Bonchev–Trinajstić information content (AvgIpc) is 2.56. The highest BCUT2D eigenvalue weighted by Crippen LogP contribution is 2.20. The van der Waals surface area contributed by atoms with E-state index in [2.05, 4.69) is 10.6 Å². The summed E-state index contributed by atoms with van der Waals surface area (Å²) in [5, 5.41) is 5.86. The minimum Gasteiger partial charge on any atom is -0.326 e. The molecule has 2 aromatic rings. The highest BCUT2D eigenvalue weighted by molar-refractivity contribution is 5.95. The molecule has 0 aromatic heterocycles. The number of amides is 2. The maximum atomic E-state index is 12.0. The summed E-state index contributed by atoms with van der Waals surface area (Å²) in [6.45, 7) is 11.4. The third kappa shape index (κ3) is 6.24. The molecular formula is C23H30N2O2. The van der Waals surface area contributed by atoms with Crippen molar-refractivity contribution < 1.29 is 9.59 Å². The lowest BCUT2D eigenvalue weighted by atomic mass is 9.95. The standard InChI is InChI=1S/C23H30N2O2/c1-22(2,3)20(26)24-18-11-7-16(8-12-18)15-17-9-13-19(14-10-17)25-21(27)23(4,5)6/h7-14H,15H2,1-6H3,(H,24,26)(H,25,27). The van der Waals surface area contributed by atoms with Crippen molar-refractivity contribution in [1.29, 1.82) is 0 Å². The van der Waals surface area contributed by atoms with Crippen LogP contribution in [0.1, 0.15) is 52.7 Å². The van der Waals surface area contributed by atoms with Gasteiger partial charge in [-0.3, -0.25) is 9.59 Å². The molecule has 0 aliphatic rings. The number of hydrogen-bond acceptors (Lipinski definition) is 2. The molecule has 0 radical (unpaired) electrons. The molecule has 0 spiro atoms. The van der Waals surface area contributed by atoms with Crippen LogP contribution in [0, 0.1) is 10.8 Å². The molecule has 0 aliphatic carbocycles. The van der Waals surface area contributed by atoms with E-state index in [0.717, 1.165) is 28.9 Å². The maximum Gasteiger partial charge on any atom is 0.229 e. The van der Waals surface area contributed by atoms with Crippen LogP contribution in [0.15, 0.2) is 48.5 Å². The maximum absolute atomic E-state index is 12.0. The molecule has 2 N–H and O–H groups in total. The molecule has 2 rings (SSSR count). The van der Waals surface area contributed by atoms with Crippen molar-refractivity contribution >= 4 is 23.2 Å². The van der Waals surface area contributed by atoms with Gasteiger partial charge in [-0.2, -0.15) is 0 Å². The summed E-state index contributed by atoms with van der Waals surface area (Å²) in [5.74, 6) is 0.00582. The molecular weight excluding hydrogens is 336 g/mol. The first kappa shape index (κ1) is 20.7. The van der Waals surface area contributed by atoms with E-state index in [4.69, 9.17) is 0 Å². The summed E-state index contributed by atoms with van der Waals surface area (Å²) >= 11 is 0. The van der Waals surface area contributed by atoms with Gasteiger partial charge in [-0.25, -0.2) is 0 Å². The summed E-state index contributed by atoms with van der Waals surface area (Å²) in [7, 11) is 0. The smallest absolute Gasteiger partial charge is 0.229 e. The summed E-state index contributed by atoms with van der Waals surface area (Å²) in [6, 6.07) is 15.8. The van der Waals surface area contributed by atoms with Crippen LogP contribution in [0.5, 0.6) is 0 Å². The van der Waals surface area contributed by atoms with Crippen LogP contribution in [-0.4, -0.2) is 11.8 Å². The highest BCUT2D eigenvalue weighted by Gasteiger charge is 2.21. The molecule has 0 fully saturated rings. The first-order valence-electron chi connectivity index (χ1n) is 9.26. The normalized spacial score (nSPS) is 11.8. The van der Waals surface area contributed by atoms with E-state index in [1.807, 2.05) is 90.1 Å². The number of nitrogens with one attached hydrogen (secondary N) is 2. The van der Waals surface area contributed by atoms with Gasteiger partial charge >= 0.3 is 0 Å². The number of hydrogen-bond donors (Lipinski definition) is 2. The Morgan fingerprint density at radius 3 is 1.19 bits per heavy atom. The zero-order chi connectivity index (χ0) is 20.2. The van der Waals surface area contributed by atoms with Crippen LogP contribution in [0.3, 0.4) is 0 Å². The van der Waals surface area contributed by atoms with Gasteiger partial charge in [0, 0.05) is 22.2 Å². The van der Waals surface area contributed by atoms with Crippen LogP contribution < -0.4 is 10.6 Å². The van der Waals surface area contributed by atoms with E-state index in [1.165, 1.54) is 0 Å². The molecule has 0 unspecified atom stereocenters. The Hall–Kier alpha value is -2.62.